The second-order valence-electron chi connectivity index (χ2n) is 5.47. The maximum Gasteiger partial charge on any atom is 0.123 e. The lowest BCUT2D eigenvalue weighted by Crippen LogP contribution is -2.18. The number of hydrogen-bond donors (Lipinski definition) is 1. The molecular weight excluding hydrogens is 265 g/mol. The minimum atomic E-state index is -0.198. The van der Waals surface area contributed by atoms with Crippen molar-refractivity contribution in [2.75, 3.05) is 0 Å². The van der Waals surface area contributed by atoms with E-state index in [4.69, 9.17) is 4.74 Å². The highest BCUT2D eigenvalue weighted by Gasteiger charge is 2.06. The average molecular weight is 287 g/mol. The van der Waals surface area contributed by atoms with Crippen LogP contribution < -0.4 is 10.1 Å². The van der Waals surface area contributed by atoms with Crippen molar-refractivity contribution in [3.63, 3.8) is 0 Å². The van der Waals surface area contributed by atoms with E-state index in [1.54, 1.807) is 12.1 Å². The van der Waals surface area contributed by atoms with Crippen molar-refractivity contribution in [1.29, 1.82) is 0 Å². The molecule has 2 nitrogen and oxygen atoms in total. The summed E-state index contributed by atoms with van der Waals surface area (Å²) in [6.07, 6.45) is 0.182. The molecule has 112 valence electrons. The number of rotatable bonds is 6. The lowest BCUT2D eigenvalue weighted by molar-refractivity contribution is 0.242. The molecule has 0 saturated heterocycles. The second-order valence-corrected chi connectivity index (χ2v) is 5.47. The van der Waals surface area contributed by atoms with Crippen LogP contribution in [0.1, 0.15) is 37.9 Å². The topological polar surface area (TPSA) is 21.3 Å². The van der Waals surface area contributed by atoms with Crippen LogP contribution in [0, 0.1) is 5.82 Å². The molecule has 21 heavy (non-hydrogen) atoms. The van der Waals surface area contributed by atoms with Gasteiger partial charge in [0.05, 0.1) is 6.10 Å². The molecule has 0 heterocycles. The molecule has 1 atom stereocenters. The molecule has 0 radical (unpaired) electrons. The molecule has 0 bridgehead atoms. The SMILES string of the molecule is CC(C)Oc1ccc(CN[C@H](C)c2cccc(F)c2)cc1. The zero-order chi connectivity index (χ0) is 15.2. The molecule has 0 aliphatic carbocycles. The molecule has 0 spiro atoms. The first-order valence-electron chi connectivity index (χ1n) is 7.29. The number of halogens is 1. The van der Waals surface area contributed by atoms with E-state index in [0.29, 0.717) is 0 Å². The molecule has 2 rings (SSSR count). The molecule has 2 aromatic carbocycles. The van der Waals surface area contributed by atoms with Crippen LogP contribution in [0.3, 0.4) is 0 Å². The van der Waals surface area contributed by atoms with Gasteiger partial charge in [-0.25, -0.2) is 4.39 Å². The molecule has 0 aromatic heterocycles. The van der Waals surface area contributed by atoms with Gasteiger partial charge in [-0.2, -0.15) is 0 Å². The predicted molar refractivity (Wildman–Crippen MR) is 83.9 cm³/mol. The zero-order valence-corrected chi connectivity index (χ0v) is 12.8. The van der Waals surface area contributed by atoms with Crippen LogP contribution in [-0.4, -0.2) is 6.10 Å². The van der Waals surface area contributed by atoms with Gasteiger partial charge in [0, 0.05) is 12.6 Å². The number of benzene rings is 2. The summed E-state index contributed by atoms with van der Waals surface area (Å²) >= 11 is 0. The van der Waals surface area contributed by atoms with Gasteiger partial charge < -0.3 is 10.1 Å². The fourth-order valence-corrected chi connectivity index (χ4v) is 2.12. The van der Waals surface area contributed by atoms with Crippen molar-refractivity contribution < 1.29 is 9.13 Å². The summed E-state index contributed by atoms with van der Waals surface area (Å²) in [6.45, 7) is 6.79. The Labute approximate surface area is 126 Å². The largest absolute Gasteiger partial charge is 0.491 e. The van der Waals surface area contributed by atoms with Crippen LogP contribution in [0.15, 0.2) is 48.5 Å². The van der Waals surface area contributed by atoms with Gasteiger partial charge in [0.25, 0.3) is 0 Å². The third-order valence-corrected chi connectivity index (χ3v) is 3.26. The van der Waals surface area contributed by atoms with E-state index in [1.807, 2.05) is 51.1 Å². The predicted octanol–water partition coefficient (Wildman–Crippen LogP) is 4.46. The van der Waals surface area contributed by atoms with E-state index in [0.717, 1.165) is 17.9 Å². The summed E-state index contributed by atoms with van der Waals surface area (Å²) in [7, 11) is 0. The van der Waals surface area contributed by atoms with E-state index in [2.05, 4.69) is 5.32 Å². The quantitative estimate of drug-likeness (QED) is 0.846. The lowest BCUT2D eigenvalue weighted by Gasteiger charge is -2.15. The maximum atomic E-state index is 13.2. The third-order valence-electron chi connectivity index (χ3n) is 3.26. The molecule has 3 heteroatoms. The molecule has 0 amide bonds. The summed E-state index contributed by atoms with van der Waals surface area (Å²) in [6, 6.07) is 14.8. The number of nitrogens with one attached hydrogen (secondary N) is 1. The number of ether oxygens (including phenoxy) is 1. The van der Waals surface area contributed by atoms with Gasteiger partial charge in [0.1, 0.15) is 11.6 Å². The minimum Gasteiger partial charge on any atom is -0.491 e. The Balaban J connectivity index is 1.90. The summed E-state index contributed by atoms with van der Waals surface area (Å²) in [5.41, 5.74) is 2.13. The fourth-order valence-electron chi connectivity index (χ4n) is 2.12. The fraction of sp³-hybridized carbons (Fsp3) is 0.333. The van der Waals surface area contributed by atoms with Crippen molar-refractivity contribution >= 4 is 0 Å². The first kappa shape index (κ1) is 15.5. The summed E-state index contributed by atoms with van der Waals surface area (Å²) in [4.78, 5) is 0. The van der Waals surface area contributed by atoms with Crippen LogP contribution in [0.5, 0.6) is 5.75 Å². The summed E-state index contributed by atoms with van der Waals surface area (Å²) < 4.78 is 18.8. The Bertz CT molecular complexity index is 566. The minimum absolute atomic E-state index is 0.104. The molecule has 0 aliphatic rings. The van der Waals surface area contributed by atoms with E-state index in [-0.39, 0.29) is 18.0 Å². The van der Waals surface area contributed by atoms with Crippen molar-refractivity contribution in [3.8, 4) is 5.75 Å². The molecule has 0 saturated carbocycles. The molecule has 0 aliphatic heterocycles. The Morgan fingerprint density at radius 3 is 2.38 bits per heavy atom. The molecule has 1 N–H and O–H groups in total. The monoisotopic (exact) mass is 287 g/mol. The van der Waals surface area contributed by atoms with Crippen LogP contribution in [0.25, 0.3) is 0 Å². The van der Waals surface area contributed by atoms with E-state index >= 15 is 0 Å². The Morgan fingerprint density at radius 2 is 1.76 bits per heavy atom. The molecule has 0 unspecified atom stereocenters. The zero-order valence-electron chi connectivity index (χ0n) is 12.8. The molecule has 0 fully saturated rings. The molecule has 2 aromatic rings. The van der Waals surface area contributed by atoms with Crippen LogP contribution in [0.2, 0.25) is 0 Å². The van der Waals surface area contributed by atoms with Crippen molar-refractivity contribution in [2.45, 2.75) is 39.5 Å². The maximum absolute atomic E-state index is 13.2. The van der Waals surface area contributed by atoms with E-state index < -0.39 is 0 Å². The van der Waals surface area contributed by atoms with Gasteiger partial charge in [-0.05, 0) is 56.2 Å². The average Bonchev–Trinajstić information content (AvgIpc) is 2.45. The van der Waals surface area contributed by atoms with Crippen LogP contribution in [-0.2, 0) is 6.54 Å². The Hall–Kier alpha value is -1.87. The van der Waals surface area contributed by atoms with Gasteiger partial charge in [-0.1, -0.05) is 24.3 Å². The Kier molecular flexibility index (Phi) is 5.34. The van der Waals surface area contributed by atoms with Gasteiger partial charge in [0.2, 0.25) is 0 Å². The van der Waals surface area contributed by atoms with Crippen LogP contribution in [0.4, 0.5) is 4.39 Å². The standard InChI is InChI=1S/C18H22FNO/c1-13(2)21-18-9-7-15(8-10-18)12-20-14(3)16-5-4-6-17(19)11-16/h4-11,13-14,20H,12H2,1-3H3/t14-/m1/s1. The first-order chi connectivity index (χ1) is 10.0. The van der Waals surface area contributed by atoms with Gasteiger partial charge in [-0.15, -0.1) is 0 Å². The highest BCUT2D eigenvalue weighted by atomic mass is 19.1. The van der Waals surface area contributed by atoms with Gasteiger partial charge >= 0.3 is 0 Å². The summed E-state index contributed by atoms with van der Waals surface area (Å²) in [5.74, 6) is 0.684. The number of hydrogen-bond acceptors (Lipinski definition) is 2. The summed E-state index contributed by atoms with van der Waals surface area (Å²) in [5, 5.41) is 3.40. The van der Waals surface area contributed by atoms with Crippen molar-refractivity contribution in [2.24, 2.45) is 0 Å². The normalized spacial score (nSPS) is 12.4. The van der Waals surface area contributed by atoms with Gasteiger partial charge in [-0.3, -0.25) is 0 Å². The third kappa shape index (κ3) is 4.87. The van der Waals surface area contributed by atoms with E-state index in [9.17, 15) is 4.39 Å². The van der Waals surface area contributed by atoms with Gasteiger partial charge in [0.15, 0.2) is 0 Å². The molecular formula is C18H22FNO. The smallest absolute Gasteiger partial charge is 0.123 e. The highest BCUT2D eigenvalue weighted by Crippen LogP contribution is 2.16. The van der Waals surface area contributed by atoms with Crippen LogP contribution >= 0.6 is 0 Å². The lowest BCUT2D eigenvalue weighted by atomic mass is 10.1. The second kappa shape index (κ2) is 7.23. The highest BCUT2D eigenvalue weighted by molar-refractivity contribution is 5.27. The Morgan fingerprint density at radius 1 is 1.05 bits per heavy atom. The first-order valence-corrected chi connectivity index (χ1v) is 7.29. The van der Waals surface area contributed by atoms with E-state index in [1.165, 1.54) is 11.6 Å². The van der Waals surface area contributed by atoms with Crippen molar-refractivity contribution in [1.82, 2.24) is 5.32 Å². The van der Waals surface area contributed by atoms with Crippen molar-refractivity contribution in [3.05, 3.63) is 65.5 Å².